The second kappa shape index (κ2) is 7.27. The van der Waals surface area contributed by atoms with E-state index in [0.29, 0.717) is 5.92 Å². The second-order valence-electron chi connectivity index (χ2n) is 5.08. The van der Waals surface area contributed by atoms with Gasteiger partial charge in [0.15, 0.2) is 0 Å². The molecule has 0 saturated carbocycles. The highest BCUT2D eigenvalue weighted by molar-refractivity contribution is 5.42. The molecule has 0 saturated heterocycles. The van der Waals surface area contributed by atoms with Gasteiger partial charge >= 0.3 is 0 Å². The van der Waals surface area contributed by atoms with Gasteiger partial charge in [0.2, 0.25) is 0 Å². The van der Waals surface area contributed by atoms with Crippen LogP contribution in [0.5, 0.6) is 11.5 Å². The first kappa shape index (κ1) is 14.8. The van der Waals surface area contributed by atoms with Crippen LogP contribution in [0.2, 0.25) is 0 Å². The molecule has 0 heterocycles. The van der Waals surface area contributed by atoms with Gasteiger partial charge in [-0.1, -0.05) is 19.9 Å². The van der Waals surface area contributed by atoms with Crippen LogP contribution in [0.15, 0.2) is 18.2 Å². The summed E-state index contributed by atoms with van der Waals surface area (Å²) < 4.78 is 11.0. The lowest BCUT2D eigenvalue weighted by Gasteiger charge is -2.15. The number of ether oxygens (including phenoxy) is 2. The molecule has 1 aromatic rings. The highest BCUT2D eigenvalue weighted by Gasteiger charge is 2.09. The Morgan fingerprint density at radius 2 is 1.94 bits per heavy atom. The Labute approximate surface area is 110 Å². The third-order valence-corrected chi connectivity index (χ3v) is 2.89. The van der Waals surface area contributed by atoms with Gasteiger partial charge in [0, 0.05) is 17.7 Å². The Morgan fingerprint density at radius 1 is 1.22 bits per heavy atom. The maximum absolute atomic E-state index is 5.94. The lowest BCUT2D eigenvalue weighted by molar-refractivity contribution is 0.291. The molecule has 1 aromatic carbocycles. The first-order valence-electron chi connectivity index (χ1n) is 6.61. The Morgan fingerprint density at radius 3 is 2.50 bits per heavy atom. The van der Waals surface area contributed by atoms with Gasteiger partial charge in [-0.15, -0.1) is 0 Å². The SMILES string of the molecule is COc1ccc([C@H](C)N)c(OCCCC(C)C)c1. The van der Waals surface area contributed by atoms with E-state index < -0.39 is 0 Å². The molecule has 102 valence electrons. The molecule has 0 aliphatic rings. The summed E-state index contributed by atoms with van der Waals surface area (Å²) >= 11 is 0. The van der Waals surface area contributed by atoms with Crippen molar-refractivity contribution in [3.8, 4) is 11.5 Å². The summed E-state index contributed by atoms with van der Waals surface area (Å²) in [7, 11) is 1.66. The van der Waals surface area contributed by atoms with Crippen LogP contribution in [-0.2, 0) is 0 Å². The average Bonchev–Trinajstić information content (AvgIpc) is 2.33. The normalized spacial score (nSPS) is 12.6. The molecule has 0 radical (unpaired) electrons. The Kier molecular flexibility index (Phi) is 5.99. The Bertz CT molecular complexity index is 362. The van der Waals surface area contributed by atoms with E-state index in [9.17, 15) is 0 Å². The van der Waals surface area contributed by atoms with Gasteiger partial charge in [-0.2, -0.15) is 0 Å². The van der Waals surface area contributed by atoms with Crippen LogP contribution < -0.4 is 15.2 Å². The molecule has 0 amide bonds. The zero-order chi connectivity index (χ0) is 13.5. The third-order valence-electron chi connectivity index (χ3n) is 2.89. The first-order chi connectivity index (χ1) is 8.54. The minimum Gasteiger partial charge on any atom is -0.497 e. The van der Waals surface area contributed by atoms with Gasteiger partial charge in [0.1, 0.15) is 11.5 Å². The summed E-state index contributed by atoms with van der Waals surface area (Å²) in [5.41, 5.74) is 6.97. The van der Waals surface area contributed by atoms with Crippen molar-refractivity contribution < 1.29 is 9.47 Å². The highest BCUT2D eigenvalue weighted by atomic mass is 16.5. The zero-order valence-electron chi connectivity index (χ0n) is 11.9. The number of hydrogen-bond donors (Lipinski definition) is 1. The molecule has 1 atom stereocenters. The predicted molar refractivity (Wildman–Crippen MR) is 75.2 cm³/mol. The van der Waals surface area contributed by atoms with Crippen molar-refractivity contribution in [1.29, 1.82) is 0 Å². The number of nitrogens with two attached hydrogens (primary N) is 1. The van der Waals surface area contributed by atoms with Crippen LogP contribution in [0.3, 0.4) is 0 Å². The topological polar surface area (TPSA) is 44.5 Å². The summed E-state index contributed by atoms with van der Waals surface area (Å²) in [5.74, 6) is 2.36. The summed E-state index contributed by atoms with van der Waals surface area (Å²) in [6, 6.07) is 5.77. The summed E-state index contributed by atoms with van der Waals surface area (Å²) in [6.07, 6.45) is 2.24. The third kappa shape index (κ3) is 4.57. The van der Waals surface area contributed by atoms with Crippen LogP contribution in [0.1, 0.15) is 45.2 Å². The van der Waals surface area contributed by atoms with E-state index in [1.807, 2.05) is 25.1 Å². The fourth-order valence-electron chi connectivity index (χ4n) is 1.82. The molecule has 0 unspecified atom stereocenters. The maximum Gasteiger partial charge on any atom is 0.127 e. The zero-order valence-corrected chi connectivity index (χ0v) is 11.9. The van der Waals surface area contributed by atoms with E-state index in [-0.39, 0.29) is 6.04 Å². The van der Waals surface area contributed by atoms with Crippen LogP contribution in [0, 0.1) is 5.92 Å². The molecule has 0 aromatic heterocycles. The molecule has 3 heteroatoms. The Balaban J connectivity index is 2.66. The maximum atomic E-state index is 5.94. The van der Waals surface area contributed by atoms with Gasteiger partial charge in [-0.25, -0.2) is 0 Å². The van der Waals surface area contributed by atoms with Crippen LogP contribution >= 0.6 is 0 Å². The lowest BCUT2D eigenvalue weighted by Crippen LogP contribution is -2.09. The molecule has 0 aliphatic heterocycles. The van der Waals surface area contributed by atoms with Gasteiger partial charge < -0.3 is 15.2 Å². The second-order valence-corrected chi connectivity index (χ2v) is 5.08. The van der Waals surface area contributed by atoms with Gasteiger partial charge in [0.05, 0.1) is 13.7 Å². The largest absolute Gasteiger partial charge is 0.497 e. The molecule has 0 spiro atoms. The van der Waals surface area contributed by atoms with Gasteiger partial charge in [-0.05, 0) is 31.7 Å². The fourth-order valence-corrected chi connectivity index (χ4v) is 1.82. The predicted octanol–water partition coefficient (Wildman–Crippen LogP) is 3.53. The smallest absolute Gasteiger partial charge is 0.127 e. The minimum atomic E-state index is -0.0315. The van der Waals surface area contributed by atoms with Crippen molar-refractivity contribution in [1.82, 2.24) is 0 Å². The van der Waals surface area contributed by atoms with Gasteiger partial charge in [-0.3, -0.25) is 0 Å². The van der Waals surface area contributed by atoms with Crippen molar-refractivity contribution in [2.75, 3.05) is 13.7 Å². The van der Waals surface area contributed by atoms with E-state index in [2.05, 4.69) is 13.8 Å². The lowest BCUT2D eigenvalue weighted by atomic mass is 10.1. The number of methoxy groups -OCH3 is 1. The van der Waals surface area contributed by atoms with Crippen molar-refractivity contribution in [2.24, 2.45) is 11.7 Å². The van der Waals surface area contributed by atoms with E-state index in [1.54, 1.807) is 7.11 Å². The summed E-state index contributed by atoms with van der Waals surface area (Å²) in [5, 5.41) is 0. The average molecular weight is 251 g/mol. The van der Waals surface area contributed by atoms with E-state index in [0.717, 1.165) is 30.1 Å². The highest BCUT2D eigenvalue weighted by Crippen LogP contribution is 2.28. The van der Waals surface area contributed by atoms with Crippen molar-refractivity contribution in [3.05, 3.63) is 23.8 Å². The molecule has 2 N–H and O–H groups in total. The van der Waals surface area contributed by atoms with Crippen molar-refractivity contribution in [2.45, 2.75) is 39.7 Å². The quantitative estimate of drug-likeness (QED) is 0.754. The van der Waals surface area contributed by atoms with Crippen LogP contribution in [-0.4, -0.2) is 13.7 Å². The van der Waals surface area contributed by atoms with E-state index in [1.165, 1.54) is 6.42 Å². The molecule has 0 aliphatic carbocycles. The standard InChI is InChI=1S/C15H25NO2/c1-11(2)6-5-9-18-15-10-13(17-4)7-8-14(15)12(3)16/h7-8,10-12H,5-6,9,16H2,1-4H3/t12-/m0/s1. The molecule has 0 fully saturated rings. The first-order valence-corrected chi connectivity index (χ1v) is 6.61. The van der Waals surface area contributed by atoms with Crippen LogP contribution in [0.4, 0.5) is 0 Å². The summed E-state index contributed by atoms with van der Waals surface area (Å²) in [6.45, 7) is 7.13. The minimum absolute atomic E-state index is 0.0315. The molecule has 1 rings (SSSR count). The molecular formula is C15H25NO2. The van der Waals surface area contributed by atoms with E-state index >= 15 is 0 Å². The Hall–Kier alpha value is -1.22. The van der Waals surface area contributed by atoms with E-state index in [4.69, 9.17) is 15.2 Å². The molecular weight excluding hydrogens is 226 g/mol. The van der Waals surface area contributed by atoms with Crippen LogP contribution in [0.25, 0.3) is 0 Å². The monoisotopic (exact) mass is 251 g/mol. The number of benzene rings is 1. The molecule has 0 bridgehead atoms. The van der Waals surface area contributed by atoms with Gasteiger partial charge in [0.25, 0.3) is 0 Å². The fraction of sp³-hybridized carbons (Fsp3) is 0.600. The molecule has 18 heavy (non-hydrogen) atoms. The molecule has 3 nitrogen and oxygen atoms in total. The number of rotatable bonds is 7. The summed E-state index contributed by atoms with van der Waals surface area (Å²) in [4.78, 5) is 0. The number of hydrogen-bond acceptors (Lipinski definition) is 3. The van der Waals surface area contributed by atoms with Crippen molar-refractivity contribution >= 4 is 0 Å². The van der Waals surface area contributed by atoms with Crippen molar-refractivity contribution in [3.63, 3.8) is 0 Å².